The minimum Gasteiger partial charge on any atom is -0.352 e. The van der Waals surface area contributed by atoms with Gasteiger partial charge in [0.15, 0.2) is 0 Å². The van der Waals surface area contributed by atoms with Crippen molar-refractivity contribution < 1.29 is 4.79 Å². The number of halogens is 2. The Bertz CT molecular complexity index is 597. The van der Waals surface area contributed by atoms with E-state index in [1.165, 1.54) is 6.33 Å². The SMILES string of the molecule is Cl.Cl.O=C(NCc1ccc(Cn2cncn2)cc1)C1CCCNC1. The maximum absolute atomic E-state index is 12.1. The van der Waals surface area contributed by atoms with Gasteiger partial charge in [0.25, 0.3) is 0 Å². The molecule has 2 heterocycles. The van der Waals surface area contributed by atoms with Crippen LogP contribution >= 0.6 is 24.8 Å². The van der Waals surface area contributed by atoms with Crippen LogP contribution in [0.4, 0.5) is 0 Å². The molecule has 2 aromatic rings. The van der Waals surface area contributed by atoms with E-state index in [9.17, 15) is 4.79 Å². The maximum Gasteiger partial charge on any atom is 0.224 e. The number of aromatic nitrogens is 3. The number of nitrogens with one attached hydrogen (secondary N) is 2. The average Bonchev–Trinajstić information content (AvgIpc) is 3.08. The molecule has 1 aromatic heterocycles. The number of rotatable bonds is 5. The van der Waals surface area contributed by atoms with E-state index in [4.69, 9.17) is 0 Å². The monoisotopic (exact) mass is 371 g/mol. The predicted molar refractivity (Wildman–Crippen MR) is 97.5 cm³/mol. The summed E-state index contributed by atoms with van der Waals surface area (Å²) in [6.07, 6.45) is 5.29. The van der Waals surface area contributed by atoms with E-state index in [1.54, 1.807) is 11.0 Å². The zero-order valence-electron chi connectivity index (χ0n) is 13.4. The van der Waals surface area contributed by atoms with E-state index in [0.717, 1.165) is 37.1 Å². The molecule has 24 heavy (non-hydrogen) atoms. The molecule has 1 aromatic carbocycles. The summed E-state index contributed by atoms with van der Waals surface area (Å²) >= 11 is 0. The summed E-state index contributed by atoms with van der Waals surface area (Å²) in [4.78, 5) is 16.0. The molecule has 6 nitrogen and oxygen atoms in total. The van der Waals surface area contributed by atoms with E-state index in [2.05, 4.69) is 32.8 Å². The van der Waals surface area contributed by atoms with Crippen LogP contribution in [-0.4, -0.2) is 33.8 Å². The van der Waals surface area contributed by atoms with Gasteiger partial charge in [0.1, 0.15) is 12.7 Å². The lowest BCUT2D eigenvalue weighted by molar-refractivity contribution is -0.125. The van der Waals surface area contributed by atoms with Gasteiger partial charge in [0.2, 0.25) is 5.91 Å². The summed E-state index contributed by atoms with van der Waals surface area (Å²) in [5.41, 5.74) is 2.27. The van der Waals surface area contributed by atoms with Crippen molar-refractivity contribution in [1.29, 1.82) is 0 Å². The Morgan fingerprint density at radius 2 is 2.00 bits per heavy atom. The van der Waals surface area contributed by atoms with Gasteiger partial charge in [-0.2, -0.15) is 5.10 Å². The molecule has 3 rings (SSSR count). The standard InChI is InChI=1S/C16H21N5O.2ClH/c22-16(15-2-1-7-17-9-15)19-8-13-3-5-14(6-4-13)10-21-12-18-11-20-21;;/h3-6,11-12,15,17H,1-2,7-10H2,(H,19,22);2*1H. The van der Waals surface area contributed by atoms with Crippen LogP contribution in [0.3, 0.4) is 0 Å². The number of piperidine rings is 1. The van der Waals surface area contributed by atoms with Crippen molar-refractivity contribution in [1.82, 2.24) is 25.4 Å². The number of carbonyl (C=O) groups is 1. The van der Waals surface area contributed by atoms with Crippen LogP contribution < -0.4 is 10.6 Å². The molecule has 0 radical (unpaired) electrons. The number of hydrogen-bond acceptors (Lipinski definition) is 4. The maximum atomic E-state index is 12.1. The van der Waals surface area contributed by atoms with E-state index < -0.39 is 0 Å². The quantitative estimate of drug-likeness (QED) is 0.840. The normalized spacial score (nSPS) is 16.6. The molecule has 1 amide bonds. The van der Waals surface area contributed by atoms with Gasteiger partial charge in [-0.1, -0.05) is 24.3 Å². The molecule has 0 saturated carbocycles. The first-order valence-electron chi connectivity index (χ1n) is 7.70. The smallest absolute Gasteiger partial charge is 0.224 e. The van der Waals surface area contributed by atoms with Crippen LogP contribution in [-0.2, 0) is 17.9 Å². The minimum atomic E-state index is 0. The van der Waals surface area contributed by atoms with Crippen LogP contribution in [0.15, 0.2) is 36.9 Å². The van der Waals surface area contributed by atoms with Crippen LogP contribution in [0, 0.1) is 5.92 Å². The molecule has 132 valence electrons. The van der Waals surface area contributed by atoms with Gasteiger partial charge < -0.3 is 10.6 Å². The van der Waals surface area contributed by atoms with Crippen molar-refractivity contribution >= 4 is 30.7 Å². The Balaban J connectivity index is 0.00000144. The second-order valence-corrected chi connectivity index (χ2v) is 5.67. The van der Waals surface area contributed by atoms with Gasteiger partial charge >= 0.3 is 0 Å². The van der Waals surface area contributed by atoms with Crippen molar-refractivity contribution in [2.24, 2.45) is 5.92 Å². The molecule has 1 saturated heterocycles. The Labute approximate surface area is 154 Å². The summed E-state index contributed by atoms with van der Waals surface area (Å²) in [6, 6.07) is 8.22. The highest BCUT2D eigenvalue weighted by Crippen LogP contribution is 2.11. The molecular weight excluding hydrogens is 349 g/mol. The Hall–Kier alpha value is -1.63. The van der Waals surface area contributed by atoms with Crippen molar-refractivity contribution in [3.8, 4) is 0 Å². The van der Waals surface area contributed by atoms with Crippen LogP contribution in [0.2, 0.25) is 0 Å². The van der Waals surface area contributed by atoms with E-state index >= 15 is 0 Å². The fraction of sp³-hybridized carbons (Fsp3) is 0.438. The third-order valence-corrected chi connectivity index (χ3v) is 3.97. The van der Waals surface area contributed by atoms with Gasteiger partial charge in [0.05, 0.1) is 12.5 Å². The highest BCUT2D eigenvalue weighted by atomic mass is 35.5. The minimum absolute atomic E-state index is 0. The Kier molecular flexibility index (Phi) is 8.74. The number of amides is 1. The average molecular weight is 372 g/mol. The summed E-state index contributed by atoms with van der Waals surface area (Å²) in [7, 11) is 0. The van der Waals surface area contributed by atoms with E-state index in [-0.39, 0.29) is 36.6 Å². The third kappa shape index (κ3) is 5.78. The summed E-state index contributed by atoms with van der Waals surface area (Å²) < 4.78 is 1.78. The van der Waals surface area contributed by atoms with Gasteiger partial charge in [-0.05, 0) is 30.5 Å². The molecule has 8 heteroatoms. The van der Waals surface area contributed by atoms with Crippen LogP contribution in [0.25, 0.3) is 0 Å². The largest absolute Gasteiger partial charge is 0.352 e. The van der Waals surface area contributed by atoms with Crippen molar-refractivity contribution in [2.75, 3.05) is 13.1 Å². The molecule has 0 bridgehead atoms. The van der Waals surface area contributed by atoms with Gasteiger partial charge in [0, 0.05) is 13.1 Å². The first kappa shape index (κ1) is 20.4. The Morgan fingerprint density at radius 1 is 1.25 bits per heavy atom. The van der Waals surface area contributed by atoms with Gasteiger partial charge in [-0.25, -0.2) is 9.67 Å². The summed E-state index contributed by atoms with van der Waals surface area (Å²) in [5.74, 6) is 0.263. The molecule has 1 fully saturated rings. The number of hydrogen-bond donors (Lipinski definition) is 2. The molecule has 1 unspecified atom stereocenters. The molecule has 2 N–H and O–H groups in total. The lowest BCUT2D eigenvalue weighted by atomic mass is 9.99. The van der Waals surface area contributed by atoms with Crippen molar-refractivity contribution in [3.05, 3.63) is 48.0 Å². The topological polar surface area (TPSA) is 71.8 Å². The molecule has 1 aliphatic rings. The van der Waals surface area contributed by atoms with Gasteiger partial charge in [-0.3, -0.25) is 4.79 Å². The first-order chi connectivity index (χ1) is 10.8. The third-order valence-electron chi connectivity index (χ3n) is 3.97. The second-order valence-electron chi connectivity index (χ2n) is 5.67. The predicted octanol–water partition coefficient (Wildman–Crippen LogP) is 1.79. The second kappa shape index (κ2) is 10.3. The Morgan fingerprint density at radius 3 is 2.62 bits per heavy atom. The number of benzene rings is 1. The number of carbonyl (C=O) groups excluding carboxylic acids is 1. The highest BCUT2D eigenvalue weighted by molar-refractivity contribution is 5.85. The molecule has 0 spiro atoms. The fourth-order valence-electron chi connectivity index (χ4n) is 2.67. The molecule has 0 aliphatic carbocycles. The molecular formula is C16H23Cl2N5O. The first-order valence-corrected chi connectivity index (χ1v) is 7.70. The van der Waals surface area contributed by atoms with Gasteiger partial charge in [-0.15, -0.1) is 24.8 Å². The van der Waals surface area contributed by atoms with Crippen molar-refractivity contribution in [3.63, 3.8) is 0 Å². The van der Waals surface area contributed by atoms with Crippen LogP contribution in [0.1, 0.15) is 24.0 Å². The lowest BCUT2D eigenvalue weighted by Gasteiger charge is -2.21. The molecule has 1 atom stereocenters. The fourth-order valence-corrected chi connectivity index (χ4v) is 2.67. The highest BCUT2D eigenvalue weighted by Gasteiger charge is 2.20. The lowest BCUT2D eigenvalue weighted by Crippen LogP contribution is -2.40. The number of nitrogens with zero attached hydrogens (tertiary/aromatic N) is 3. The van der Waals surface area contributed by atoms with E-state index in [0.29, 0.717) is 13.1 Å². The summed E-state index contributed by atoms with van der Waals surface area (Å²) in [6.45, 7) is 3.11. The molecule has 1 aliphatic heterocycles. The van der Waals surface area contributed by atoms with Crippen LogP contribution in [0.5, 0.6) is 0 Å². The zero-order valence-corrected chi connectivity index (χ0v) is 15.0. The van der Waals surface area contributed by atoms with E-state index in [1.807, 2.05) is 12.1 Å². The van der Waals surface area contributed by atoms with Crippen molar-refractivity contribution in [2.45, 2.75) is 25.9 Å². The zero-order chi connectivity index (χ0) is 15.2. The summed E-state index contributed by atoms with van der Waals surface area (Å²) in [5, 5.41) is 10.4.